The van der Waals surface area contributed by atoms with Gasteiger partial charge in [-0.2, -0.15) is 10.2 Å². The first kappa shape index (κ1) is 15.2. The highest BCUT2D eigenvalue weighted by Crippen LogP contribution is 2.12. The van der Waals surface area contributed by atoms with Crippen LogP contribution in [0, 0.1) is 13.8 Å². The molecule has 0 radical (unpaired) electrons. The van der Waals surface area contributed by atoms with E-state index in [1.807, 2.05) is 18.5 Å². The molecule has 0 atom stereocenters. The van der Waals surface area contributed by atoms with Crippen LogP contribution in [-0.2, 0) is 24.4 Å². The van der Waals surface area contributed by atoms with Crippen LogP contribution in [-0.4, -0.2) is 30.5 Å². The monoisotopic (exact) mass is 290 g/mol. The van der Waals surface area contributed by atoms with Gasteiger partial charge in [0.1, 0.15) is 12.7 Å². The fourth-order valence-electron chi connectivity index (χ4n) is 2.32. The van der Waals surface area contributed by atoms with Gasteiger partial charge >= 0.3 is 0 Å². The van der Waals surface area contributed by atoms with Crippen LogP contribution in [0.4, 0.5) is 0 Å². The molecule has 7 nitrogen and oxygen atoms in total. The molecule has 0 saturated heterocycles. The normalized spacial score (nSPS) is 10.8. The number of nitrogens with zero attached hydrogens (tertiary/aromatic N) is 5. The third-order valence-electron chi connectivity index (χ3n) is 3.55. The van der Waals surface area contributed by atoms with Gasteiger partial charge in [0.25, 0.3) is 0 Å². The van der Waals surface area contributed by atoms with Gasteiger partial charge in [-0.25, -0.2) is 4.98 Å². The van der Waals surface area contributed by atoms with Crippen molar-refractivity contribution in [1.29, 1.82) is 0 Å². The van der Waals surface area contributed by atoms with Gasteiger partial charge in [-0.05, 0) is 27.2 Å². The van der Waals surface area contributed by atoms with Gasteiger partial charge in [-0.15, -0.1) is 0 Å². The van der Waals surface area contributed by atoms with Gasteiger partial charge in [0.15, 0.2) is 0 Å². The first-order valence-corrected chi connectivity index (χ1v) is 7.23. The molecule has 2 heterocycles. The van der Waals surface area contributed by atoms with E-state index in [-0.39, 0.29) is 5.91 Å². The minimum Gasteiger partial charge on any atom is -0.352 e. The molecule has 0 bridgehead atoms. The van der Waals surface area contributed by atoms with E-state index in [1.165, 1.54) is 6.33 Å². The second-order valence-electron chi connectivity index (χ2n) is 5.00. The Kier molecular flexibility index (Phi) is 5.08. The smallest absolute Gasteiger partial charge is 0.220 e. The van der Waals surface area contributed by atoms with Crippen molar-refractivity contribution < 1.29 is 4.79 Å². The number of nitrogens with one attached hydrogen (secondary N) is 1. The van der Waals surface area contributed by atoms with Crippen molar-refractivity contribution in [3.63, 3.8) is 0 Å². The van der Waals surface area contributed by atoms with Crippen LogP contribution >= 0.6 is 0 Å². The lowest BCUT2D eigenvalue weighted by atomic mass is 10.2. The summed E-state index contributed by atoms with van der Waals surface area (Å²) in [4.78, 5) is 15.7. The maximum Gasteiger partial charge on any atom is 0.220 e. The zero-order valence-corrected chi connectivity index (χ0v) is 12.8. The summed E-state index contributed by atoms with van der Waals surface area (Å²) in [5.74, 6) is 0.0539. The lowest BCUT2D eigenvalue weighted by Crippen LogP contribution is -2.23. The molecule has 2 rings (SSSR count). The maximum atomic E-state index is 11.9. The number of aryl methyl sites for hydroxylation is 3. The quantitative estimate of drug-likeness (QED) is 0.831. The summed E-state index contributed by atoms with van der Waals surface area (Å²) in [6.45, 7) is 8.17. The lowest BCUT2D eigenvalue weighted by Gasteiger charge is -2.06. The van der Waals surface area contributed by atoms with Crippen molar-refractivity contribution in [2.75, 3.05) is 0 Å². The highest BCUT2D eigenvalue weighted by atomic mass is 16.1. The number of carbonyl (C=O) groups excluding carboxylic acids is 1. The predicted octanol–water partition coefficient (Wildman–Crippen LogP) is 1.21. The van der Waals surface area contributed by atoms with E-state index >= 15 is 0 Å². The molecular formula is C14H22N6O. The van der Waals surface area contributed by atoms with Gasteiger partial charge < -0.3 is 5.32 Å². The van der Waals surface area contributed by atoms with Crippen molar-refractivity contribution in [2.45, 2.75) is 53.2 Å². The zero-order chi connectivity index (χ0) is 15.2. The van der Waals surface area contributed by atoms with Crippen molar-refractivity contribution in [3.8, 4) is 0 Å². The average Bonchev–Trinajstić information content (AvgIpc) is 3.06. The number of hydrogen-bond acceptors (Lipinski definition) is 4. The van der Waals surface area contributed by atoms with Crippen molar-refractivity contribution in [1.82, 2.24) is 29.9 Å². The van der Waals surface area contributed by atoms with Crippen molar-refractivity contribution in [3.05, 3.63) is 29.6 Å². The van der Waals surface area contributed by atoms with E-state index in [0.717, 1.165) is 29.9 Å². The minimum absolute atomic E-state index is 0.0539. The van der Waals surface area contributed by atoms with Crippen molar-refractivity contribution in [2.24, 2.45) is 0 Å². The summed E-state index contributed by atoms with van der Waals surface area (Å²) in [6.07, 6.45) is 4.39. The van der Waals surface area contributed by atoms with E-state index in [2.05, 4.69) is 27.4 Å². The SMILES string of the molecule is CCn1nc(C)c(CNC(=O)CCCn2cncn2)c1C. The highest BCUT2D eigenvalue weighted by Gasteiger charge is 2.11. The molecule has 0 unspecified atom stereocenters. The van der Waals surface area contributed by atoms with E-state index in [1.54, 1.807) is 11.0 Å². The summed E-state index contributed by atoms with van der Waals surface area (Å²) in [5, 5.41) is 11.4. The Hall–Kier alpha value is -2.18. The first-order valence-electron chi connectivity index (χ1n) is 7.23. The molecule has 2 aromatic heterocycles. The number of amides is 1. The van der Waals surface area contributed by atoms with Gasteiger partial charge in [-0.1, -0.05) is 0 Å². The largest absolute Gasteiger partial charge is 0.352 e. The van der Waals surface area contributed by atoms with E-state index in [9.17, 15) is 4.79 Å². The predicted molar refractivity (Wildman–Crippen MR) is 78.5 cm³/mol. The molecule has 2 aromatic rings. The molecule has 114 valence electrons. The summed E-state index contributed by atoms with van der Waals surface area (Å²) < 4.78 is 3.69. The number of aromatic nitrogens is 5. The molecule has 0 fully saturated rings. The van der Waals surface area contributed by atoms with Crippen molar-refractivity contribution >= 4 is 5.91 Å². The maximum absolute atomic E-state index is 11.9. The Labute approximate surface area is 124 Å². The topological polar surface area (TPSA) is 77.6 Å². The molecule has 0 saturated carbocycles. The summed E-state index contributed by atoms with van der Waals surface area (Å²) >= 11 is 0. The Morgan fingerprint density at radius 3 is 2.81 bits per heavy atom. The molecule has 0 spiro atoms. The lowest BCUT2D eigenvalue weighted by molar-refractivity contribution is -0.121. The Bertz CT molecular complexity index is 587. The fraction of sp³-hybridized carbons (Fsp3) is 0.571. The number of rotatable bonds is 7. The highest BCUT2D eigenvalue weighted by molar-refractivity contribution is 5.75. The number of carbonyl (C=O) groups is 1. The van der Waals surface area contributed by atoms with Crippen LogP contribution in [0.25, 0.3) is 0 Å². The average molecular weight is 290 g/mol. The van der Waals surface area contributed by atoms with Crippen LogP contribution in [0.2, 0.25) is 0 Å². The van der Waals surface area contributed by atoms with E-state index < -0.39 is 0 Å². The molecule has 1 N–H and O–H groups in total. The second-order valence-corrected chi connectivity index (χ2v) is 5.00. The van der Waals surface area contributed by atoms with Crippen LogP contribution < -0.4 is 5.32 Å². The van der Waals surface area contributed by atoms with Crippen LogP contribution in [0.15, 0.2) is 12.7 Å². The Morgan fingerprint density at radius 1 is 1.38 bits per heavy atom. The molecule has 7 heteroatoms. The summed E-state index contributed by atoms with van der Waals surface area (Å²) in [5.41, 5.74) is 3.22. The first-order chi connectivity index (χ1) is 10.1. The van der Waals surface area contributed by atoms with Gasteiger partial charge in [0.2, 0.25) is 5.91 Å². The Balaban J connectivity index is 1.77. The molecule has 1 amide bonds. The third kappa shape index (κ3) is 3.90. The Morgan fingerprint density at radius 2 is 2.19 bits per heavy atom. The zero-order valence-electron chi connectivity index (χ0n) is 12.8. The molecule has 0 aliphatic rings. The standard InChI is InChI=1S/C14H22N6O/c1-4-20-12(3)13(11(2)18-20)8-16-14(21)6-5-7-19-10-15-9-17-19/h9-10H,4-8H2,1-3H3,(H,16,21). The molecule has 0 aromatic carbocycles. The molecule has 0 aliphatic carbocycles. The molecular weight excluding hydrogens is 268 g/mol. The fourth-order valence-corrected chi connectivity index (χ4v) is 2.32. The third-order valence-corrected chi connectivity index (χ3v) is 3.55. The summed E-state index contributed by atoms with van der Waals surface area (Å²) in [7, 11) is 0. The van der Waals surface area contributed by atoms with Crippen LogP contribution in [0.3, 0.4) is 0 Å². The van der Waals surface area contributed by atoms with Crippen LogP contribution in [0.1, 0.15) is 36.7 Å². The van der Waals surface area contributed by atoms with Gasteiger partial charge in [-0.3, -0.25) is 14.2 Å². The molecule has 0 aliphatic heterocycles. The number of hydrogen-bond donors (Lipinski definition) is 1. The van der Waals surface area contributed by atoms with E-state index in [4.69, 9.17) is 0 Å². The summed E-state index contributed by atoms with van der Waals surface area (Å²) in [6, 6.07) is 0. The van der Waals surface area contributed by atoms with Gasteiger partial charge in [0.05, 0.1) is 5.69 Å². The minimum atomic E-state index is 0.0539. The van der Waals surface area contributed by atoms with E-state index in [0.29, 0.717) is 19.5 Å². The second kappa shape index (κ2) is 7.01. The van der Waals surface area contributed by atoms with Crippen LogP contribution in [0.5, 0.6) is 0 Å². The van der Waals surface area contributed by atoms with Gasteiger partial charge in [0, 0.05) is 37.3 Å². The molecule has 21 heavy (non-hydrogen) atoms.